The fraction of sp³-hybridized carbons (Fsp3) is 0.400. The molecule has 0 bridgehead atoms. The Bertz CT molecular complexity index is 904. The molecule has 1 aromatic carbocycles. The summed E-state index contributed by atoms with van der Waals surface area (Å²) in [7, 11) is -3.02. The molecule has 1 aromatic heterocycles. The molecule has 0 spiro atoms. The first-order chi connectivity index (χ1) is 13.0. The maximum atomic E-state index is 12.7. The number of carbonyl (C=O) groups is 1. The summed E-state index contributed by atoms with van der Waals surface area (Å²) in [4.78, 5) is 14.4. The molecule has 6 nitrogen and oxygen atoms in total. The maximum absolute atomic E-state index is 12.7. The van der Waals surface area contributed by atoms with E-state index in [2.05, 4.69) is 12.0 Å². The predicted molar refractivity (Wildman–Crippen MR) is 106 cm³/mol. The van der Waals surface area contributed by atoms with Gasteiger partial charge in [0.05, 0.1) is 23.4 Å². The molecule has 2 aromatic rings. The molecule has 144 valence electrons. The normalized spacial score (nSPS) is 18.8. The van der Waals surface area contributed by atoms with Crippen LogP contribution in [0.1, 0.15) is 31.7 Å². The van der Waals surface area contributed by atoms with Gasteiger partial charge < -0.3 is 4.90 Å². The van der Waals surface area contributed by atoms with Crippen molar-refractivity contribution < 1.29 is 13.2 Å². The highest BCUT2D eigenvalue weighted by molar-refractivity contribution is 7.91. The van der Waals surface area contributed by atoms with E-state index in [0.717, 1.165) is 24.1 Å². The molecule has 27 heavy (non-hydrogen) atoms. The number of hydrogen-bond acceptors (Lipinski definition) is 4. The number of aromatic nitrogens is 2. The van der Waals surface area contributed by atoms with Crippen molar-refractivity contribution in [3.8, 4) is 5.69 Å². The average molecular weight is 388 g/mol. The van der Waals surface area contributed by atoms with Gasteiger partial charge in [-0.2, -0.15) is 5.10 Å². The Morgan fingerprint density at radius 3 is 2.78 bits per heavy atom. The van der Waals surface area contributed by atoms with E-state index in [1.807, 2.05) is 36.5 Å². The topological polar surface area (TPSA) is 72.3 Å². The fourth-order valence-electron chi connectivity index (χ4n) is 3.23. The monoisotopic (exact) mass is 387 g/mol. The Labute approximate surface area is 160 Å². The van der Waals surface area contributed by atoms with Crippen LogP contribution >= 0.6 is 0 Å². The number of carbonyl (C=O) groups excluding carboxylic acids is 1. The number of nitrogens with zero attached hydrogens (tertiary/aromatic N) is 3. The van der Waals surface area contributed by atoms with Crippen LogP contribution in [0.2, 0.25) is 0 Å². The first kappa shape index (κ1) is 19.4. The molecule has 2 heterocycles. The highest BCUT2D eigenvalue weighted by Gasteiger charge is 2.33. The van der Waals surface area contributed by atoms with E-state index < -0.39 is 9.84 Å². The van der Waals surface area contributed by atoms with E-state index in [4.69, 9.17) is 0 Å². The predicted octanol–water partition coefficient (Wildman–Crippen LogP) is 2.70. The molecular formula is C20H25N3O3S. The second-order valence-electron chi connectivity index (χ2n) is 6.83. The van der Waals surface area contributed by atoms with E-state index in [1.54, 1.807) is 21.9 Å². The number of unbranched alkanes of at least 4 members (excludes halogenated alkanes) is 1. The van der Waals surface area contributed by atoms with Crippen molar-refractivity contribution in [1.29, 1.82) is 0 Å². The van der Waals surface area contributed by atoms with Gasteiger partial charge in [0.25, 0.3) is 0 Å². The first-order valence-electron chi connectivity index (χ1n) is 9.28. The summed E-state index contributed by atoms with van der Waals surface area (Å²) >= 11 is 0. The minimum atomic E-state index is -3.02. The van der Waals surface area contributed by atoms with E-state index in [9.17, 15) is 13.2 Å². The lowest BCUT2D eigenvalue weighted by Gasteiger charge is -2.27. The van der Waals surface area contributed by atoms with E-state index in [1.165, 1.54) is 6.08 Å². The quantitative estimate of drug-likeness (QED) is 0.685. The molecule has 3 rings (SSSR count). The summed E-state index contributed by atoms with van der Waals surface area (Å²) in [5.41, 5.74) is 1.77. The largest absolute Gasteiger partial charge is 0.335 e. The summed E-state index contributed by atoms with van der Waals surface area (Å²) in [6, 6.07) is 9.53. The molecule has 7 heteroatoms. The Balaban J connectivity index is 1.70. The second-order valence-corrected chi connectivity index (χ2v) is 9.06. The Kier molecular flexibility index (Phi) is 6.11. The minimum absolute atomic E-state index is 0.0717. The number of amides is 1. The van der Waals surface area contributed by atoms with E-state index in [-0.39, 0.29) is 23.5 Å². The summed E-state index contributed by atoms with van der Waals surface area (Å²) in [6.45, 7) is 2.64. The van der Waals surface area contributed by atoms with Gasteiger partial charge in [0.1, 0.15) is 0 Å². The van der Waals surface area contributed by atoms with Gasteiger partial charge in [-0.25, -0.2) is 13.1 Å². The maximum Gasteiger partial charge on any atom is 0.246 e. The van der Waals surface area contributed by atoms with Gasteiger partial charge in [-0.1, -0.05) is 31.5 Å². The van der Waals surface area contributed by atoms with Crippen LogP contribution in [0.4, 0.5) is 0 Å². The van der Waals surface area contributed by atoms with Crippen LogP contribution in [-0.2, 0) is 14.6 Å². The van der Waals surface area contributed by atoms with Gasteiger partial charge in [-0.05, 0) is 31.1 Å². The van der Waals surface area contributed by atoms with Crippen molar-refractivity contribution in [2.75, 3.05) is 18.1 Å². The second kappa shape index (κ2) is 8.52. The van der Waals surface area contributed by atoms with Gasteiger partial charge in [0.2, 0.25) is 5.91 Å². The van der Waals surface area contributed by atoms with Crippen molar-refractivity contribution in [3.63, 3.8) is 0 Å². The molecule has 1 atom stereocenters. The number of rotatable bonds is 7. The Morgan fingerprint density at radius 2 is 2.11 bits per heavy atom. The van der Waals surface area contributed by atoms with Crippen LogP contribution in [0, 0.1) is 0 Å². The van der Waals surface area contributed by atoms with Crippen LogP contribution in [0.5, 0.6) is 0 Å². The van der Waals surface area contributed by atoms with Gasteiger partial charge in [-0.15, -0.1) is 0 Å². The molecule has 0 saturated carbocycles. The van der Waals surface area contributed by atoms with Crippen molar-refractivity contribution in [2.24, 2.45) is 0 Å². The Morgan fingerprint density at radius 1 is 1.33 bits per heavy atom. The fourth-order valence-corrected chi connectivity index (χ4v) is 4.96. The highest BCUT2D eigenvalue weighted by Crippen LogP contribution is 2.19. The smallest absolute Gasteiger partial charge is 0.246 e. The third-order valence-electron chi connectivity index (χ3n) is 4.73. The van der Waals surface area contributed by atoms with Crippen LogP contribution < -0.4 is 0 Å². The van der Waals surface area contributed by atoms with Crippen LogP contribution in [0.3, 0.4) is 0 Å². The molecule has 0 N–H and O–H groups in total. The molecule has 1 saturated heterocycles. The minimum Gasteiger partial charge on any atom is -0.335 e. The summed E-state index contributed by atoms with van der Waals surface area (Å²) < 4.78 is 25.3. The number of hydrogen-bond donors (Lipinski definition) is 0. The zero-order valence-electron chi connectivity index (χ0n) is 15.5. The molecule has 1 unspecified atom stereocenters. The third-order valence-corrected chi connectivity index (χ3v) is 6.48. The van der Waals surface area contributed by atoms with Gasteiger partial charge >= 0.3 is 0 Å². The summed E-state index contributed by atoms with van der Waals surface area (Å²) in [6.07, 6.45) is 9.16. The van der Waals surface area contributed by atoms with E-state index >= 15 is 0 Å². The van der Waals surface area contributed by atoms with Crippen molar-refractivity contribution in [2.45, 2.75) is 32.2 Å². The lowest BCUT2D eigenvalue weighted by Crippen LogP contribution is -2.40. The van der Waals surface area contributed by atoms with Crippen LogP contribution in [0.25, 0.3) is 11.8 Å². The third kappa shape index (κ3) is 5.07. The molecule has 0 aliphatic carbocycles. The van der Waals surface area contributed by atoms with Crippen molar-refractivity contribution in [3.05, 3.63) is 54.4 Å². The summed E-state index contributed by atoms with van der Waals surface area (Å²) in [5, 5.41) is 4.32. The Hall–Kier alpha value is -2.41. The standard InChI is InChI=1S/C20H25N3O3S/c1-2-3-12-22(19-11-13-27(25,26)16-19)20(24)10-9-17-14-21-23(15-17)18-7-5-4-6-8-18/h4-10,14-15,19H,2-3,11-13,16H2,1H3/b10-9+. The van der Waals surface area contributed by atoms with Gasteiger partial charge in [0.15, 0.2) is 9.84 Å². The first-order valence-corrected chi connectivity index (χ1v) is 11.1. The molecule has 1 aliphatic heterocycles. The van der Waals surface area contributed by atoms with Crippen molar-refractivity contribution >= 4 is 21.8 Å². The molecule has 1 amide bonds. The molecule has 1 fully saturated rings. The van der Waals surface area contributed by atoms with Gasteiger partial charge in [-0.3, -0.25) is 4.79 Å². The van der Waals surface area contributed by atoms with Crippen molar-refractivity contribution in [1.82, 2.24) is 14.7 Å². The molecule has 0 radical (unpaired) electrons. The van der Waals surface area contributed by atoms with Crippen LogP contribution in [0.15, 0.2) is 48.8 Å². The molecule has 1 aliphatic rings. The average Bonchev–Trinajstić information content (AvgIpc) is 3.27. The van der Waals surface area contributed by atoms with Crippen LogP contribution in [-0.4, -0.2) is 53.1 Å². The number of sulfone groups is 1. The van der Waals surface area contributed by atoms with Gasteiger partial charge in [0, 0.05) is 30.4 Å². The SMILES string of the molecule is CCCCN(C(=O)/C=C/c1cnn(-c2ccccc2)c1)C1CCS(=O)(=O)C1. The zero-order chi connectivity index (χ0) is 19.3. The number of para-hydroxylation sites is 1. The summed E-state index contributed by atoms with van der Waals surface area (Å²) in [5.74, 6) is 0.0987. The highest BCUT2D eigenvalue weighted by atomic mass is 32.2. The zero-order valence-corrected chi connectivity index (χ0v) is 16.3. The lowest BCUT2D eigenvalue weighted by molar-refractivity contribution is -0.127. The lowest BCUT2D eigenvalue weighted by atomic mass is 10.2. The van der Waals surface area contributed by atoms with E-state index in [0.29, 0.717) is 13.0 Å². The number of benzene rings is 1. The molecular weight excluding hydrogens is 362 g/mol.